The molecule has 1 unspecified atom stereocenters. The van der Waals surface area contributed by atoms with Crippen molar-refractivity contribution in [3.63, 3.8) is 0 Å². The molecule has 0 saturated carbocycles. The van der Waals surface area contributed by atoms with Gasteiger partial charge in [-0.05, 0) is 6.42 Å². The number of anilines is 1. The number of hydrogen-bond donors (Lipinski definition) is 2. The van der Waals surface area contributed by atoms with Gasteiger partial charge in [0.05, 0.1) is 19.5 Å². The maximum absolute atomic E-state index is 12.0. The number of rotatable bonds is 12. The van der Waals surface area contributed by atoms with E-state index in [0.717, 1.165) is 0 Å². The number of halogens is 3. The predicted molar refractivity (Wildman–Crippen MR) is 99.2 cm³/mol. The molecule has 2 aromatic heterocycles. The molecule has 0 radical (unpaired) electrons. The first-order chi connectivity index (χ1) is 14.6. The molecule has 16 heteroatoms. The van der Waals surface area contributed by atoms with Gasteiger partial charge in [0.2, 0.25) is 0 Å². The highest BCUT2D eigenvalue weighted by Crippen LogP contribution is 2.43. The minimum Gasteiger partial charge on any atom is -0.449 e. The summed E-state index contributed by atoms with van der Waals surface area (Å²) in [7, 11) is -4.54. The van der Waals surface area contributed by atoms with Crippen molar-refractivity contribution in [3.8, 4) is 0 Å². The first kappa shape index (κ1) is 24.9. The van der Waals surface area contributed by atoms with Gasteiger partial charge >= 0.3 is 19.9 Å². The number of fused-ring (bicyclic) bond motifs is 1. The van der Waals surface area contributed by atoms with Gasteiger partial charge in [-0.15, -0.1) is 0 Å². The summed E-state index contributed by atoms with van der Waals surface area (Å²) in [5, 5.41) is 2.48. The highest BCUT2D eigenvalue weighted by atomic mass is 31.2. The third-order valence-electron chi connectivity index (χ3n) is 3.39. The minimum absolute atomic E-state index is 0.0654. The zero-order valence-electron chi connectivity index (χ0n) is 16.4. The van der Waals surface area contributed by atoms with Crippen LogP contribution in [-0.2, 0) is 29.8 Å². The Hall–Kier alpha value is -2.32. The van der Waals surface area contributed by atoms with Gasteiger partial charge in [0.15, 0.2) is 29.9 Å². The van der Waals surface area contributed by atoms with Gasteiger partial charge in [-0.25, -0.2) is 19.7 Å². The molecule has 0 aliphatic carbocycles. The third kappa shape index (κ3) is 8.75. The lowest BCUT2D eigenvalue weighted by Gasteiger charge is -2.14. The SMILES string of the molecule is CCCOC(=O)Nc1ncnc2c1ncn2CCOCOCP(=O)(O)OCC(F)(F)F. The first-order valence-corrected chi connectivity index (χ1v) is 10.7. The quantitative estimate of drug-likeness (QED) is 0.269. The van der Waals surface area contributed by atoms with Crippen LogP contribution in [0.15, 0.2) is 12.7 Å². The molecule has 0 fully saturated rings. The third-order valence-corrected chi connectivity index (χ3v) is 4.43. The van der Waals surface area contributed by atoms with E-state index in [9.17, 15) is 27.4 Å². The Morgan fingerprint density at radius 3 is 2.74 bits per heavy atom. The van der Waals surface area contributed by atoms with Gasteiger partial charge < -0.3 is 23.7 Å². The molecule has 0 spiro atoms. The minimum atomic E-state index is -4.72. The number of amides is 1. The van der Waals surface area contributed by atoms with E-state index in [0.29, 0.717) is 17.6 Å². The van der Waals surface area contributed by atoms with Crippen LogP contribution in [0, 0.1) is 0 Å². The molecule has 0 bridgehead atoms. The van der Waals surface area contributed by atoms with E-state index in [2.05, 4.69) is 24.8 Å². The topological polar surface area (TPSA) is 147 Å². The Labute approximate surface area is 174 Å². The summed E-state index contributed by atoms with van der Waals surface area (Å²) in [6.07, 6.45) is -3.00. The van der Waals surface area contributed by atoms with Gasteiger partial charge in [-0.3, -0.25) is 14.4 Å². The second-order valence-corrected chi connectivity index (χ2v) is 7.77. The Balaban J connectivity index is 1.78. The molecule has 2 rings (SSSR count). The van der Waals surface area contributed by atoms with Gasteiger partial charge in [0.25, 0.3) is 0 Å². The molecule has 12 nitrogen and oxygen atoms in total. The highest BCUT2D eigenvalue weighted by molar-refractivity contribution is 7.52. The molecule has 0 aliphatic heterocycles. The number of aromatic nitrogens is 4. The van der Waals surface area contributed by atoms with Crippen LogP contribution in [0.2, 0.25) is 0 Å². The van der Waals surface area contributed by atoms with E-state index < -0.39 is 39.6 Å². The molecule has 174 valence electrons. The molecule has 1 amide bonds. The fourth-order valence-electron chi connectivity index (χ4n) is 2.11. The van der Waals surface area contributed by atoms with Crippen molar-refractivity contribution in [1.82, 2.24) is 19.5 Å². The van der Waals surface area contributed by atoms with Crippen molar-refractivity contribution in [3.05, 3.63) is 12.7 Å². The number of alkyl halides is 3. The van der Waals surface area contributed by atoms with Crippen molar-refractivity contribution >= 4 is 30.7 Å². The Bertz CT molecular complexity index is 911. The number of nitrogens with zero attached hydrogens (tertiary/aromatic N) is 4. The normalized spacial score (nSPS) is 13.8. The van der Waals surface area contributed by atoms with Crippen LogP contribution < -0.4 is 5.32 Å². The van der Waals surface area contributed by atoms with Crippen LogP contribution in [0.5, 0.6) is 0 Å². The van der Waals surface area contributed by atoms with E-state index >= 15 is 0 Å². The average molecular weight is 471 g/mol. The maximum Gasteiger partial charge on any atom is 0.412 e. The van der Waals surface area contributed by atoms with Crippen molar-refractivity contribution < 1.29 is 46.2 Å². The largest absolute Gasteiger partial charge is 0.449 e. The van der Waals surface area contributed by atoms with Gasteiger partial charge in [-0.2, -0.15) is 13.2 Å². The first-order valence-electron chi connectivity index (χ1n) is 8.89. The van der Waals surface area contributed by atoms with Crippen LogP contribution in [0.1, 0.15) is 13.3 Å². The molecule has 1 atom stereocenters. The molecule has 2 aromatic rings. The summed E-state index contributed by atoms with van der Waals surface area (Å²) in [6.45, 7) is 0.127. The molecule has 0 saturated heterocycles. The Kier molecular flexibility index (Phi) is 9.13. The zero-order chi connectivity index (χ0) is 22.9. The standard InChI is InChI=1S/C15H21F3N5O7P/c1-2-4-29-14(24)22-12-11-13(20-7-19-12)23(8-21-11)3-5-27-9-28-10-31(25,26)30-6-15(16,17)18/h7-8H,2-6,9-10H2,1H3,(H,25,26)(H,19,20,22,24). The molecular weight excluding hydrogens is 450 g/mol. The summed E-state index contributed by atoms with van der Waals surface area (Å²) >= 11 is 0. The second-order valence-electron chi connectivity index (χ2n) is 5.98. The number of hydrogen-bond acceptors (Lipinski definition) is 9. The summed E-state index contributed by atoms with van der Waals surface area (Å²) in [5.74, 6) is 0.173. The van der Waals surface area contributed by atoms with Crippen molar-refractivity contribution in [1.29, 1.82) is 0 Å². The lowest BCUT2D eigenvalue weighted by molar-refractivity contribution is -0.155. The molecule has 2 heterocycles. The Morgan fingerprint density at radius 1 is 1.26 bits per heavy atom. The number of carbonyl (C=O) groups excluding carboxylic acids is 1. The fourth-order valence-corrected chi connectivity index (χ4v) is 2.84. The number of nitrogens with one attached hydrogen (secondary N) is 1. The van der Waals surface area contributed by atoms with E-state index in [1.807, 2.05) is 6.92 Å². The maximum atomic E-state index is 12.0. The van der Waals surface area contributed by atoms with Crippen LogP contribution >= 0.6 is 7.60 Å². The van der Waals surface area contributed by atoms with E-state index in [4.69, 9.17) is 14.2 Å². The second kappa shape index (κ2) is 11.3. The summed E-state index contributed by atoms with van der Waals surface area (Å²) < 4.78 is 67.6. The van der Waals surface area contributed by atoms with Crippen LogP contribution in [0.25, 0.3) is 11.2 Å². The number of carbonyl (C=O) groups is 1. The van der Waals surface area contributed by atoms with Crippen LogP contribution in [-0.4, -0.2) is 69.6 Å². The van der Waals surface area contributed by atoms with Crippen LogP contribution in [0.4, 0.5) is 23.8 Å². The summed E-state index contributed by atoms with van der Waals surface area (Å²) in [5.41, 5.74) is 0.737. The number of imidazole rings is 1. The van der Waals surface area contributed by atoms with Crippen molar-refractivity contribution in [2.45, 2.75) is 26.1 Å². The zero-order valence-corrected chi connectivity index (χ0v) is 17.3. The van der Waals surface area contributed by atoms with Crippen molar-refractivity contribution in [2.75, 3.05) is 38.3 Å². The monoisotopic (exact) mass is 471 g/mol. The summed E-state index contributed by atoms with van der Waals surface area (Å²) in [6, 6.07) is 0. The number of ether oxygens (including phenoxy) is 3. The smallest absolute Gasteiger partial charge is 0.412 e. The van der Waals surface area contributed by atoms with Gasteiger partial charge in [0.1, 0.15) is 13.1 Å². The lowest BCUT2D eigenvalue weighted by atomic mass is 10.5. The van der Waals surface area contributed by atoms with E-state index in [1.165, 1.54) is 12.7 Å². The lowest BCUT2D eigenvalue weighted by Crippen LogP contribution is -2.17. The molecule has 2 N–H and O–H groups in total. The fraction of sp³-hybridized carbons (Fsp3) is 0.600. The molecule has 31 heavy (non-hydrogen) atoms. The van der Waals surface area contributed by atoms with Crippen LogP contribution in [0.3, 0.4) is 0 Å². The average Bonchev–Trinajstić information content (AvgIpc) is 3.11. The highest BCUT2D eigenvalue weighted by Gasteiger charge is 2.32. The summed E-state index contributed by atoms with van der Waals surface area (Å²) in [4.78, 5) is 33.1. The van der Waals surface area contributed by atoms with Gasteiger partial charge in [0, 0.05) is 6.54 Å². The Morgan fingerprint density at radius 2 is 2.03 bits per heavy atom. The molecular formula is C15H21F3N5O7P. The van der Waals surface area contributed by atoms with E-state index in [1.54, 1.807) is 4.57 Å². The van der Waals surface area contributed by atoms with Gasteiger partial charge in [-0.1, -0.05) is 6.92 Å². The molecule has 0 aromatic carbocycles. The van der Waals surface area contributed by atoms with E-state index in [-0.39, 0.29) is 25.6 Å². The van der Waals surface area contributed by atoms with Crippen molar-refractivity contribution in [2.24, 2.45) is 0 Å². The predicted octanol–water partition coefficient (Wildman–Crippen LogP) is 2.50. The molecule has 0 aliphatic rings.